The van der Waals surface area contributed by atoms with E-state index in [4.69, 9.17) is 9.90 Å². The maximum absolute atomic E-state index is 13.7. The summed E-state index contributed by atoms with van der Waals surface area (Å²) in [6.45, 7) is 1.12. The Bertz CT molecular complexity index is 1740. The molecule has 47 heavy (non-hydrogen) atoms. The van der Waals surface area contributed by atoms with Crippen LogP contribution in [0.1, 0.15) is 28.5 Å². The highest BCUT2D eigenvalue weighted by molar-refractivity contribution is 5.98. The summed E-state index contributed by atoms with van der Waals surface area (Å²) >= 11 is 0. The number of benzene rings is 1. The Morgan fingerprint density at radius 3 is 2.53 bits per heavy atom. The molecule has 1 saturated heterocycles. The molecule has 0 bridgehead atoms. The average molecular weight is 668 g/mol. The fourth-order valence-corrected chi connectivity index (χ4v) is 4.70. The van der Waals surface area contributed by atoms with Gasteiger partial charge in [0.05, 0.1) is 24.0 Å². The van der Waals surface area contributed by atoms with Crippen LogP contribution in [-0.4, -0.2) is 90.9 Å². The van der Waals surface area contributed by atoms with Gasteiger partial charge in [0, 0.05) is 49.5 Å². The van der Waals surface area contributed by atoms with Gasteiger partial charge in [0.25, 0.3) is 18.8 Å². The lowest BCUT2D eigenvalue weighted by molar-refractivity contribution is -0.141. The fourth-order valence-electron chi connectivity index (χ4n) is 4.70. The van der Waals surface area contributed by atoms with Gasteiger partial charge >= 0.3 is 6.18 Å². The molecule has 0 unspecified atom stereocenters. The lowest BCUT2D eigenvalue weighted by Crippen LogP contribution is -2.64. The Morgan fingerprint density at radius 1 is 1.19 bits per heavy atom. The van der Waals surface area contributed by atoms with Crippen LogP contribution in [-0.2, 0) is 28.7 Å². The number of carbonyl (C=O) groups is 3. The molecule has 252 valence electrons. The SMILES string of the molecule is CCc1cc(Nc2nccn3c(-c4cn(CC(F)F)nc4C(F)(F)F)cnc23)ccc1C(=O)NCC(=O)NCC1(O)CNC1.O=CO. The number of imidazole rings is 1. The number of halogens is 5. The summed E-state index contributed by atoms with van der Waals surface area (Å²) in [5, 5.41) is 31.4. The molecule has 19 heteroatoms. The summed E-state index contributed by atoms with van der Waals surface area (Å²) in [5.41, 5.74) is -1.12. The number of carboxylic acid groups (broad SMARTS) is 1. The van der Waals surface area contributed by atoms with Gasteiger partial charge in [-0.15, -0.1) is 0 Å². The van der Waals surface area contributed by atoms with E-state index in [0.717, 1.165) is 6.20 Å². The van der Waals surface area contributed by atoms with E-state index in [-0.39, 0.29) is 36.7 Å². The third-order valence-electron chi connectivity index (χ3n) is 6.98. The minimum Gasteiger partial charge on any atom is -0.483 e. The van der Waals surface area contributed by atoms with Crippen molar-refractivity contribution in [2.24, 2.45) is 0 Å². The molecule has 2 amide bonds. The van der Waals surface area contributed by atoms with Crippen LogP contribution in [0.2, 0.25) is 0 Å². The van der Waals surface area contributed by atoms with Gasteiger partial charge in [-0.2, -0.15) is 18.3 Å². The number of amides is 2. The lowest BCUT2D eigenvalue weighted by Gasteiger charge is -2.37. The number of hydrogen-bond acceptors (Lipinski definition) is 9. The smallest absolute Gasteiger partial charge is 0.435 e. The maximum atomic E-state index is 13.7. The molecule has 1 aromatic carbocycles. The van der Waals surface area contributed by atoms with Crippen LogP contribution >= 0.6 is 0 Å². The summed E-state index contributed by atoms with van der Waals surface area (Å²) in [6.07, 6.45) is -2.54. The summed E-state index contributed by atoms with van der Waals surface area (Å²) in [7, 11) is 0. The fraction of sp³-hybridized carbons (Fsp3) is 0.357. The lowest BCUT2D eigenvalue weighted by atomic mass is 9.97. The molecule has 3 aromatic heterocycles. The van der Waals surface area contributed by atoms with Crippen LogP contribution in [0, 0.1) is 0 Å². The number of aryl methyl sites for hydroxylation is 1. The highest BCUT2D eigenvalue weighted by Gasteiger charge is 2.39. The van der Waals surface area contributed by atoms with E-state index in [1.54, 1.807) is 18.2 Å². The first-order valence-corrected chi connectivity index (χ1v) is 14.0. The number of alkyl halides is 5. The van der Waals surface area contributed by atoms with Crippen LogP contribution in [0.25, 0.3) is 16.9 Å². The second-order valence-corrected chi connectivity index (χ2v) is 10.4. The van der Waals surface area contributed by atoms with Gasteiger partial charge in [0.1, 0.15) is 12.1 Å². The highest BCUT2D eigenvalue weighted by atomic mass is 19.4. The third kappa shape index (κ3) is 8.36. The van der Waals surface area contributed by atoms with Crippen molar-refractivity contribution in [2.45, 2.75) is 38.1 Å². The van der Waals surface area contributed by atoms with E-state index < -0.39 is 47.8 Å². The van der Waals surface area contributed by atoms with Crippen molar-refractivity contribution in [2.75, 3.05) is 31.5 Å². The molecule has 1 aliphatic rings. The van der Waals surface area contributed by atoms with Gasteiger partial charge in [-0.3, -0.25) is 23.5 Å². The quantitative estimate of drug-likeness (QED) is 0.102. The molecule has 0 radical (unpaired) electrons. The topological polar surface area (TPSA) is 188 Å². The molecule has 14 nitrogen and oxygen atoms in total. The van der Waals surface area contributed by atoms with E-state index in [0.29, 0.717) is 41.0 Å². The van der Waals surface area contributed by atoms with E-state index in [1.807, 2.05) is 6.92 Å². The predicted octanol–water partition coefficient (Wildman–Crippen LogP) is 2.06. The van der Waals surface area contributed by atoms with Gasteiger partial charge in [0.2, 0.25) is 5.91 Å². The molecule has 0 aliphatic carbocycles. The van der Waals surface area contributed by atoms with Gasteiger partial charge in [-0.1, -0.05) is 6.92 Å². The Balaban J connectivity index is 0.00000160. The molecule has 1 aliphatic heterocycles. The third-order valence-corrected chi connectivity index (χ3v) is 6.98. The van der Waals surface area contributed by atoms with Crippen molar-refractivity contribution in [1.82, 2.24) is 40.1 Å². The van der Waals surface area contributed by atoms with Gasteiger partial charge in [-0.05, 0) is 30.2 Å². The zero-order chi connectivity index (χ0) is 34.4. The second kappa shape index (κ2) is 14.5. The minimum absolute atomic E-state index is 0.0258. The molecule has 0 spiro atoms. The highest BCUT2D eigenvalue weighted by Crippen LogP contribution is 2.37. The van der Waals surface area contributed by atoms with E-state index in [1.165, 1.54) is 23.0 Å². The largest absolute Gasteiger partial charge is 0.483 e. The molecular weight excluding hydrogens is 637 g/mol. The van der Waals surface area contributed by atoms with Crippen molar-refractivity contribution in [3.63, 3.8) is 0 Å². The van der Waals surface area contributed by atoms with E-state index >= 15 is 0 Å². The Kier molecular flexibility index (Phi) is 10.7. The van der Waals surface area contributed by atoms with Crippen LogP contribution in [0.5, 0.6) is 0 Å². The molecule has 4 heterocycles. The van der Waals surface area contributed by atoms with Crippen molar-refractivity contribution in [3.05, 3.63) is 59.8 Å². The normalized spacial score (nSPS) is 13.8. The number of hydrogen-bond donors (Lipinski definition) is 6. The van der Waals surface area contributed by atoms with Crippen LogP contribution < -0.4 is 21.3 Å². The zero-order valence-corrected chi connectivity index (χ0v) is 24.7. The number of β-amino-alcohol motifs (C(OH)–C–C–N with tert-alkyl or cyclic N) is 1. The summed E-state index contributed by atoms with van der Waals surface area (Å²) in [6, 6.07) is 4.85. The van der Waals surface area contributed by atoms with Crippen LogP contribution in [0.3, 0.4) is 0 Å². The maximum Gasteiger partial charge on any atom is 0.435 e. The molecule has 0 saturated carbocycles. The first-order chi connectivity index (χ1) is 22.3. The average Bonchev–Trinajstić information content (AvgIpc) is 3.63. The monoisotopic (exact) mass is 667 g/mol. The zero-order valence-electron chi connectivity index (χ0n) is 24.7. The number of nitrogens with one attached hydrogen (secondary N) is 4. The Hall–Kier alpha value is -5.17. The van der Waals surface area contributed by atoms with Gasteiger partial charge < -0.3 is 31.5 Å². The number of aliphatic hydroxyl groups is 1. The minimum atomic E-state index is -4.90. The number of rotatable bonds is 11. The predicted molar refractivity (Wildman–Crippen MR) is 156 cm³/mol. The summed E-state index contributed by atoms with van der Waals surface area (Å²) < 4.78 is 68.8. The molecule has 6 N–H and O–H groups in total. The molecule has 1 fully saturated rings. The molecular formula is C28H30F5N9O5. The number of nitrogens with zero attached hydrogens (tertiary/aromatic N) is 5. The van der Waals surface area contributed by atoms with E-state index in [9.17, 15) is 36.6 Å². The Morgan fingerprint density at radius 2 is 1.91 bits per heavy atom. The van der Waals surface area contributed by atoms with Crippen LogP contribution in [0.15, 0.2) is 43.0 Å². The number of carbonyl (C=O) groups excluding carboxylic acids is 2. The van der Waals surface area contributed by atoms with E-state index in [2.05, 4.69) is 36.3 Å². The van der Waals surface area contributed by atoms with Crippen LogP contribution in [0.4, 0.5) is 33.5 Å². The number of fused-ring (bicyclic) bond motifs is 1. The first-order valence-electron chi connectivity index (χ1n) is 14.0. The molecule has 0 atom stereocenters. The Labute approximate surface area is 263 Å². The molecule has 4 aromatic rings. The van der Waals surface area contributed by atoms with Gasteiger partial charge in [0.15, 0.2) is 17.2 Å². The summed E-state index contributed by atoms with van der Waals surface area (Å²) in [4.78, 5) is 41.8. The van der Waals surface area contributed by atoms with Gasteiger partial charge in [-0.25, -0.2) is 18.7 Å². The van der Waals surface area contributed by atoms with Crippen molar-refractivity contribution in [1.29, 1.82) is 0 Å². The first kappa shape index (κ1) is 34.7. The standard InChI is InChI=1S/C27H28F5N9O3.CH2O2/c1-2-15-7-16(3-4-17(15)25(43)36-9-21(42)37-14-26(44)12-33-13-26)38-23-24-35-8-19(41(24)6-5-34-23)18-10-40(11-20(28)29)39-22(18)27(30,31)32;2-1-3/h3-8,10,20,33,44H,2,9,11-14H2,1H3,(H,34,38)(H,36,43)(H,37,42);1H,(H,2,3). The molecule has 5 rings (SSSR count). The van der Waals surface area contributed by atoms with Crippen molar-refractivity contribution >= 4 is 35.4 Å². The summed E-state index contributed by atoms with van der Waals surface area (Å²) in [5.74, 6) is -0.734. The second-order valence-electron chi connectivity index (χ2n) is 10.4. The number of anilines is 2. The number of aromatic nitrogens is 5. The van der Waals surface area contributed by atoms with Crippen molar-refractivity contribution < 1.29 is 46.5 Å². The van der Waals surface area contributed by atoms with Crippen molar-refractivity contribution in [3.8, 4) is 11.3 Å².